The molecule has 1 fully saturated rings. The van der Waals surface area contributed by atoms with Crippen molar-refractivity contribution in [2.75, 3.05) is 31.2 Å². The number of aromatic carboxylic acids is 1. The second-order valence-electron chi connectivity index (χ2n) is 5.39. The van der Waals surface area contributed by atoms with E-state index >= 15 is 0 Å². The fourth-order valence-corrected chi connectivity index (χ4v) is 2.60. The topological polar surface area (TPSA) is 78.6 Å². The third-order valence-corrected chi connectivity index (χ3v) is 3.75. The molecule has 0 saturated carbocycles. The molecule has 1 aromatic carbocycles. The predicted molar refractivity (Wildman–Crippen MR) is 76.5 cm³/mol. The summed E-state index contributed by atoms with van der Waals surface area (Å²) in [6, 6.07) is 5.23. The van der Waals surface area contributed by atoms with E-state index in [1.165, 1.54) is 6.07 Å². The van der Waals surface area contributed by atoms with Crippen molar-refractivity contribution in [3.63, 3.8) is 0 Å². The van der Waals surface area contributed by atoms with E-state index in [4.69, 9.17) is 10.8 Å². The molecule has 5 nitrogen and oxygen atoms in total. The number of carboxylic acids is 1. The molecule has 4 N–H and O–H groups in total. The van der Waals surface area contributed by atoms with E-state index in [1.807, 2.05) is 0 Å². The molecule has 1 heterocycles. The fourth-order valence-electron chi connectivity index (χ4n) is 2.60. The summed E-state index contributed by atoms with van der Waals surface area (Å²) < 4.78 is 0. The van der Waals surface area contributed by atoms with E-state index in [0.29, 0.717) is 17.6 Å². The van der Waals surface area contributed by atoms with Crippen LogP contribution in [0.5, 0.6) is 0 Å². The highest BCUT2D eigenvalue weighted by molar-refractivity contribution is 5.90. The van der Waals surface area contributed by atoms with Crippen LogP contribution in [0, 0.1) is 5.92 Å². The van der Waals surface area contributed by atoms with Crippen molar-refractivity contribution in [3.8, 4) is 0 Å². The zero-order valence-electron chi connectivity index (χ0n) is 11.4. The standard InChI is InChI=1S/C14H21N3O2/c1-9-8-17(2)6-5-12(9)16-13-4-3-10(14(18)19)7-11(13)15/h3-4,7,9,12,16H,5-6,8,15H2,1-2H3,(H,18,19). The molecule has 2 rings (SSSR count). The molecule has 0 radical (unpaired) electrons. The summed E-state index contributed by atoms with van der Waals surface area (Å²) in [6.45, 7) is 4.34. The van der Waals surface area contributed by atoms with Gasteiger partial charge < -0.3 is 21.1 Å². The summed E-state index contributed by atoms with van der Waals surface area (Å²) in [7, 11) is 2.13. The molecule has 19 heavy (non-hydrogen) atoms. The zero-order chi connectivity index (χ0) is 14.0. The molecule has 2 atom stereocenters. The molecule has 0 amide bonds. The Labute approximate surface area is 113 Å². The number of carbonyl (C=O) groups is 1. The molecule has 1 aliphatic rings. The van der Waals surface area contributed by atoms with E-state index in [9.17, 15) is 4.79 Å². The molecule has 1 aromatic rings. The van der Waals surface area contributed by atoms with E-state index in [1.54, 1.807) is 12.1 Å². The Bertz CT molecular complexity index is 476. The van der Waals surface area contributed by atoms with Gasteiger partial charge in [-0.05, 0) is 44.1 Å². The van der Waals surface area contributed by atoms with Gasteiger partial charge >= 0.3 is 5.97 Å². The molecular weight excluding hydrogens is 242 g/mol. The Morgan fingerprint density at radius 2 is 2.26 bits per heavy atom. The van der Waals surface area contributed by atoms with Crippen LogP contribution in [-0.2, 0) is 0 Å². The van der Waals surface area contributed by atoms with Gasteiger partial charge in [0.05, 0.1) is 16.9 Å². The quantitative estimate of drug-likeness (QED) is 0.724. The minimum atomic E-state index is -0.953. The van der Waals surface area contributed by atoms with Gasteiger partial charge in [-0.1, -0.05) is 6.92 Å². The van der Waals surface area contributed by atoms with Crippen molar-refractivity contribution in [1.82, 2.24) is 4.90 Å². The number of nitrogens with one attached hydrogen (secondary N) is 1. The van der Waals surface area contributed by atoms with Gasteiger partial charge in [0, 0.05) is 12.6 Å². The first-order valence-electron chi connectivity index (χ1n) is 6.55. The lowest BCUT2D eigenvalue weighted by molar-refractivity contribution is 0.0697. The monoisotopic (exact) mass is 263 g/mol. The molecule has 5 heteroatoms. The summed E-state index contributed by atoms with van der Waals surface area (Å²) >= 11 is 0. The molecule has 0 aliphatic carbocycles. The Morgan fingerprint density at radius 3 is 2.84 bits per heavy atom. The number of anilines is 2. The lowest BCUT2D eigenvalue weighted by Crippen LogP contribution is -2.43. The third kappa shape index (κ3) is 3.17. The number of likely N-dealkylation sites (tertiary alicyclic amines) is 1. The van der Waals surface area contributed by atoms with Crippen LogP contribution in [0.15, 0.2) is 18.2 Å². The normalized spacial score (nSPS) is 24.1. The SMILES string of the molecule is CC1CN(C)CCC1Nc1ccc(C(=O)O)cc1N. The highest BCUT2D eigenvalue weighted by Crippen LogP contribution is 2.25. The van der Waals surface area contributed by atoms with Crippen molar-refractivity contribution in [3.05, 3.63) is 23.8 Å². The lowest BCUT2D eigenvalue weighted by Gasteiger charge is -2.36. The number of carboxylic acid groups (broad SMARTS) is 1. The fraction of sp³-hybridized carbons (Fsp3) is 0.500. The summed E-state index contributed by atoms with van der Waals surface area (Å²) in [5.74, 6) is -0.414. The van der Waals surface area contributed by atoms with E-state index < -0.39 is 5.97 Å². The minimum absolute atomic E-state index is 0.222. The summed E-state index contributed by atoms with van der Waals surface area (Å²) in [5.41, 5.74) is 7.45. The average Bonchev–Trinajstić information content (AvgIpc) is 2.34. The van der Waals surface area contributed by atoms with E-state index in [0.717, 1.165) is 25.2 Å². The molecule has 104 valence electrons. The van der Waals surface area contributed by atoms with Gasteiger partial charge in [0.1, 0.15) is 0 Å². The van der Waals surface area contributed by atoms with Crippen LogP contribution in [0.1, 0.15) is 23.7 Å². The Kier molecular flexibility index (Phi) is 3.95. The lowest BCUT2D eigenvalue weighted by atomic mass is 9.94. The maximum atomic E-state index is 10.9. The minimum Gasteiger partial charge on any atom is -0.478 e. The molecule has 0 aromatic heterocycles. The first-order valence-corrected chi connectivity index (χ1v) is 6.55. The molecule has 2 unspecified atom stereocenters. The number of hydrogen-bond donors (Lipinski definition) is 3. The number of rotatable bonds is 3. The first kappa shape index (κ1) is 13.7. The molecule has 0 spiro atoms. The largest absolute Gasteiger partial charge is 0.478 e. The summed E-state index contributed by atoms with van der Waals surface area (Å²) in [4.78, 5) is 13.2. The van der Waals surface area contributed by atoms with Crippen LogP contribution in [0.3, 0.4) is 0 Å². The van der Waals surface area contributed by atoms with Gasteiger partial charge in [0.15, 0.2) is 0 Å². The maximum Gasteiger partial charge on any atom is 0.335 e. The second-order valence-corrected chi connectivity index (χ2v) is 5.39. The van der Waals surface area contributed by atoms with Crippen LogP contribution >= 0.6 is 0 Å². The van der Waals surface area contributed by atoms with Gasteiger partial charge in [0.25, 0.3) is 0 Å². The number of nitrogens with zero attached hydrogens (tertiary/aromatic N) is 1. The Morgan fingerprint density at radius 1 is 1.53 bits per heavy atom. The number of piperidine rings is 1. The number of hydrogen-bond acceptors (Lipinski definition) is 4. The van der Waals surface area contributed by atoms with Gasteiger partial charge in [-0.15, -0.1) is 0 Å². The molecular formula is C14H21N3O2. The maximum absolute atomic E-state index is 10.9. The zero-order valence-corrected chi connectivity index (χ0v) is 11.4. The van der Waals surface area contributed by atoms with Crippen molar-refractivity contribution in [2.24, 2.45) is 5.92 Å². The van der Waals surface area contributed by atoms with E-state index in [-0.39, 0.29) is 5.56 Å². The smallest absolute Gasteiger partial charge is 0.335 e. The van der Waals surface area contributed by atoms with Crippen molar-refractivity contribution in [1.29, 1.82) is 0 Å². The molecule has 0 bridgehead atoms. The summed E-state index contributed by atoms with van der Waals surface area (Å²) in [5, 5.41) is 12.4. The third-order valence-electron chi connectivity index (χ3n) is 3.75. The van der Waals surface area contributed by atoms with Gasteiger partial charge in [-0.3, -0.25) is 0 Å². The second kappa shape index (κ2) is 5.48. The van der Waals surface area contributed by atoms with Crippen molar-refractivity contribution >= 4 is 17.3 Å². The predicted octanol–water partition coefficient (Wildman–Crippen LogP) is 1.72. The van der Waals surface area contributed by atoms with Crippen LogP contribution in [0.4, 0.5) is 11.4 Å². The van der Waals surface area contributed by atoms with E-state index in [2.05, 4.69) is 24.2 Å². The highest BCUT2D eigenvalue weighted by atomic mass is 16.4. The average molecular weight is 263 g/mol. The van der Waals surface area contributed by atoms with Gasteiger partial charge in [-0.2, -0.15) is 0 Å². The number of benzene rings is 1. The Hall–Kier alpha value is -1.75. The van der Waals surface area contributed by atoms with Crippen LogP contribution in [-0.4, -0.2) is 42.2 Å². The Balaban J connectivity index is 2.09. The first-order chi connectivity index (χ1) is 8.97. The van der Waals surface area contributed by atoms with Crippen molar-refractivity contribution < 1.29 is 9.90 Å². The van der Waals surface area contributed by atoms with Crippen LogP contribution in [0.2, 0.25) is 0 Å². The number of nitrogen functional groups attached to an aromatic ring is 1. The van der Waals surface area contributed by atoms with Gasteiger partial charge in [0.2, 0.25) is 0 Å². The molecule has 1 saturated heterocycles. The van der Waals surface area contributed by atoms with Crippen molar-refractivity contribution in [2.45, 2.75) is 19.4 Å². The van der Waals surface area contributed by atoms with Crippen LogP contribution < -0.4 is 11.1 Å². The van der Waals surface area contributed by atoms with Crippen LogP contribution in [0.25, 0.3) is 0 Å². The number of nitrogens with two attached hydrogens (primary N) is 1. The highest BCUT2D eigenvalue weighted by Gasteiger charge is 2.24. The molecule has 1 aliphatic heterocycles. The summed E-state index contributed by atoms with van der Waals surface area (Å²) in [6.07, 6.45) is 1.07. The van der Waals surface area contributed by atoms with Gasteiger partial charge in [-0.25, -0.2) is 4.79 Å².